The number of H-pyrrole nitrogens is 1. The first kappa shape index (κ1) is 25.9. The third-order valence-electron chi connectivity index (χ3n) is 6.00. The zero-order chi connectivity index (χ0) is 26.7. The molecule has 0 unspecified atom stereocenters. The fourth-order valence-corrected chi connectivity index (χ4v) is 4.35. The quantitative estimate of drug-likeness (QED) is 0.358. The summed E-state index contributed by atoms with van der Waals surface area (Å²) in [6.45, 7) is 4.84. The lowest BCUT2D eigenvalue weighted by Gasteiger charge is -2.33. The Morgan fingerprint density at radius 1 is 1.19 bits per heavy atom. The number of aliphatic hydroxyl groups is 2. The van der Waals surface area contributed by atoms with Crippen LogP contribution in [0.2, 0.25) is 0 Å². The van der Waals surface area contributed by atoms with E-state index in [9.17, 15) is 24.2 Å². The molecule has 1 aromatic heterocycles. The number of aliphatic hydroxyl groups excluding tert-OH is 2. The molecule has 0 radical (unpaired) electrons. The van der Waals surface area contributed by atoms with Gasteiger partial charge in [0.05, 0.1) is 6.54 Å². The number of rotatable bonds is 6. The Hall–Kier alpha value is -4.21. The van der Waals surface area contributed by atoms with E-state index in [2.05, 4.69) is 10.3 Å². The smallest absolute Gasteiger partial charge is 0.411 e. The summed E-state index contributed by atoms with van der Waals surface area (Å²) in [6.07, 6.45) is 0.187. The molecule has 0 aliphatic carbocycles. The minimum Gasteiger partial charge on any atom is -0.507 e. The Morgan fingerprint density at radius 3 is 2.62 bits per heavy atom. The predicted molar refractivity (Wildman–Crippen MR) is 135 cm³/mol. The van der Waals surface area contributed by atoms with Crippen LogP contribution in [0.5, 0.6) is 0 Å². The van der Waals surface area contributed by atoms with E-state index in [1.165, 1.54) is 17.0 Å². The normalized spacial score (nSPS) is 16.6. The average molecular weight is 512 g/mol. The van der Waals surface area contributed by atoms with Crippen LogP contribution in [0.1, 0.15) is 37.8 Å². The molecule has 3 aromatic rings. The third kappa shape index (κ3) is 5.96. The number of amides is 2. The van der Waals surface area contributed by atoms with E-state index in [0.717, 1.165) is 5.56 Å². The summed E-state index contributed by atoms with van der Waals surface area (Å²) in [5, 5.41) is 24.6. The van der Waals surface area contributed by atoms with Gasteiger partial charge >= 0.3 is 12.2 Å². The van der Waals surface area contributed by atoms with Crippen molar-refractivity contribution in [1.82, 2.24) is 15.2 Å². The average Bonchev–Trinajstić information content (AvgIpc) is 3.38. The zero-order valence-corrected chi connectivity index (χ0v) is 20.8. The molecule has 2 aromatic carbocycles. The number of aromatic amines is 1. The van der Waals surface area contributed by atoms with Crippen LogP contribution in [0.4, 0.5) is 14.0 Å². The summed E-state index contributed by atoms with van der Waals surface area (Å²) in [6, 6.07) is 12.3. The van der Waals surface area contributed by atoms with E-state index in [4.69, 9.17) is 9.47 Å². The molecule has 4 N–H and O–H groups in total. The number of aromatic nitrogens is 1. The Kier molecular flexibility index (Phi) is 7.28. The van der Waals surface area contributed by atoms with Crippen LogP contribution >= 0.6 is 0 Å². The number of nitrogens with one attached hydrogen (secondary N) is 2. The van der Waals surface area contributed by atoms with Crippen molar-refractivity contribution in [2.45, 2.75) is 44.9 Å². The Labute approximate surface area is 213 Å². The van der Waals surface area contributed by atoms with Gasteiger partial charge in [-0.15, -0.1) is 0 Å². The third-order valence-corrected chi connectivity index (χ3v) is 6.00. The lowest BCUT2D eigenvalue weighted by Crippen LogP contribution is -2.46. The second-order valence-electron chi connectivity index (χ2n) is 9.87. The van der Waals surface area contributed by atoms with Crippen LogP contribution in [-0.2, 0) is 16.1 Å². The van der Waals surface area contributed by atoms with E-state index in [0.29, 0.717) is 16.5 Å². The molecule has 1 aliphatic rings. The second-order valence-corrected chi connectivity index (χ2v) is 9.87. The molecule has 0 fully saturated rings. The summed E-state index contributed by atoms with van der Waals surface area (Å²) in [4.78, 5) is 29.8. The number of hydrogen-bond acceptors (Lipinski definition) is 6. The van der Waals surface area contributed by atoms with Crippen LogP contribution in [0.25, 0.3) is 10.9 Å². The molecule has 2 heterocycles. The number of halogens is 1. The van der Waals surface area contributed by atoms with Crippen molar-refractivity contribution in [3.8, 4) is 0 Å². The van der Waals surface area contributed by atoms with Crippen LogP contribution < -0.4 is 5.32 Å². The van der Waals surface area contributed by atoms with Gasteiger partial charge in [-0.05, 0) is 50.1 Å². The van der Waals surface area contributed by atoms with Gasteiger partial charge in [-0.1, -0.05) is 30.3 Å². The van der Waals surface area contributed by atoms with E-state index in [1.807, 2.05) is 30.3 Å². The van der Waals surface area contributed by atoms with Crippen molar-refractivity contribution < 1.29 is 33.7 Å². The number of alkyl carbamates (subject to hydrolysis) is 1. The molecule has 1 aliphatic heterocycles. The number of hydrogen-bond donors (Lipinski definition) is 4. The first-order chi connectivity index (χ1) is 17.5. The highest BCUT2D eigenvalue weighted by atomic mass is 19.1. The van der Waals surface area contributed by atoms with Gasteiger partial charge in [0, 0.05) is 29.6 Å². The number of ether oxygens (including phenoxy) is 2. The summed E-state index contributed by atoms with van der Waals surface area (Å²) >= 11 is 0. The van der Waals surface area contributed by atoms with Gasteiger partial charge in [0.25, 0.3) is 0 Å². The Morgan fingerprint density at radius 2 is 1.92 bits per heavy atom. The van der Waals surface area contributed by atoms with Gasteiger partial charge in [-0.25, -0.2) is 14.0 Å². The van der Waals surface area contributed by atoms with Crippen LogP contribution in [-0.4, -0.2) is 57.0 Å². The lowest BCUT2D eigenvalue weighted by atomic mass is 9.89. The molecular weight excluding hydrogens is 481 g/mol. The highest BCUT2D eigenvalue weighted by Crippen LogP contribution is 2.37. The van der Waals surface area contributed by atoms with Crippen LogP contribution in [0.15, 0.2) is 66.2 Å². The first-order valence-electron chi connectivity index (χ1n) is 11.8. The van der Waals surface area contributed by atoms with Crippen LogP contribution in [0, 0.1) is 5.82 Å². The molecule has 196 valence electrons. The molecule has 9 nitrogen and oxygen atoms in total. The summed E-state index contributed by atoms with van der Waals surface area (Å²) < 4.78 is 24.6. The minimum absolute atomic E-state index is 0.0586. The largest absolute Gasteiger partial charge is 0.507 e. The first-order valence-corrected chi connectivity index (χ1v) is 11.8. The summed E-state index contributed by atoms with van der Waals surface area (Å²) in [5.74, 6) is -1.97. The van der Waals surface area contributed by atoms with Crippen molar-refractivity contribution >= 4 is 23.1 Å². The maximum Gasteiger partial charge on any atom is 0.411 e. The Bertz CT molecular complexity index is 1310. The number of benzene rings is 2. The highest BCUT2D eigenvalue weighted by Gasteiger charge is 2.44. The molecular formula is C27H30FN3O6. The zero-order valence-electron chi connectivity index (χ0n) is 20.8. The van der Waals surface area contributed by atoms with Gasteiger partial charge in [-0.3, -0.25) is 4.90 Å². The summed E-state index contributed by atoms with van der Waals surface area (Å²) in [5.41, 5.74) is 1.09. The fourth-order valence-electron chi connectivity index (χ4n) is 4.35. The molecule has 4 rings (SSSR count). The monoisotopic (exact) mass is 511 g/mol. The topological polar surface area (TPSA) is 124 Å². The maximum atomic E-state index is 13.8. The van der Waals surface area contributed by atoms with Gasteiger partial charge in [0.1, 0.15) is 24.1 Å². The molecule has 10 heteroatoms. The standard InChI is InChI=1S/C27H30FN3O6/c1-27(2,3)37-26(35)31-14-22(32)24(33)23(31)20(19-12-29-21-11-17(28)9-10-18(19)21)13-30-25(34)36-15-16-7-5-4-6-8-16/h4-12,20,23,29,32-33H,13-15H2,1-3H3,(H,30,34)/t20-,23+/m0/s1. The van der Waals surface area contributed by atoms with E-state index in [-0.39, 0.29) is 25.5 Å². The van der Waals surface area contributed by atoms with Crippen molar-refractivity contribution in [1.29, 1.82) is 0 Å². The van der Waals surface area contributed by atoms with E-state index in [1.54, 1.807) is 33.0 Å². The molecule has 0 saturated carbocycles. The SMILES string of the molecule is CC(C)(C)OC(=O)N1CC(O)=C(O)[C@H]1[C@@H](CNC(=O)OCc1ccccc1)c1c[nH]c2cc(F)ccc12. The van der Waals surface area contributed by atoms with Crippen molar-refractivity contribution in [3.63, 3.8) is 0 Å². The summed E-state index contributed by atoms with van der Waals surface area (Å²) in [7, 11) is 0. The fraction of sp³-hybridized carbons (Fsp3) is 0.333. The molecule has 2 amide bonds. The van der Waals surface area contributed by atoms with Gasteiger partial charge in [-0.2, -0.15) is 0 Å². The van der Waals surface area contributed by atoms with E-state index < -0.39 is 41.3 Å². The van der Waals surface area contributed by atoms with Gasteiger partial charge in [0.15, 0.2) is 11.5 Å². The highest BCUT2D eigenvalue weighted by molar-refractivity contribution is 5.84. The number of fused-ring (bicyclic) bond motifs is 1. The molecule has 0 spiro atoms. The van der Waals surface area contributed by atoms with Crippen molar-refractivity contribution in [2.24, 2.45) is 0 Å². The molecule has 2 atom stereocenters. The molecule has 0 bridgehead atoms. The number of carbonyl (C=O) groups excluding carboxylic acids is 2. The van der Waals surface area contributed by atoms with Crippen molar-refractivity contribution in [2.75, 3.05) is 13.1 Å². The lowest BCUT2D eigenvalue weighted by molar-refractivity contribution is 0.0185. The minimum atomic E-state index is -1.06. The number of nitrogens with zero attached hydrogens (tertiary/aromatic N) is 1. The second kappa shape index (κ2) is 10.4. The molecule has 37 heavy (non-hydrogen) atoms. The van der Waals surface area contributed by atoms with Gasteiger partial charge in [0.2, 0.25) is 0 Å². The maximum absolute atomic E-state index is 13.8. The number of carbonyl (C=O) groups is 2. The van der Waals surface area contributed by atoms with Crippen LogP contribution in [0.3, 0.4) is 0 Å². The van der Waals surface area contributed by atoms with E-state index >= 15 is 0 Å². The Balaban J connectivity index is 1.63. The van der Waals surface area contributed by atoms with Crippen molar-refractivity contribution in [3.05, 3.63) is 83.2 Å². The van der Waals surface area contributed by atoms with Gasteiger partial charge < -0.3 is 30.0 Å². The molecule has 0 saturated heterocycles. The predicted octanol–water partition coefficient (Wildman–Crippen LogP) is 5.26.